The number of hydrogen-bond donors (Lipinski definition) is 1. The fraction of sp³-hybridized carbons (Fsp3) is 0.476. The van der Waals surface area contributed by atoms with Gasteiger partial charge in [-0.15, -0.1) is 6.58 Å². The Morgan fingerprint density at radius 3 is 2.93 bits per heavy atom. The van der Waals surface area contributed by atoms with Crippen molar-refractivity contribution in [3.05, 3.63) is 47.3 Å². The third-order valence-corrected chi connectivity index (χ3v) is 6.50. The van der Waals surface area contributed by atoms with Crippen molar-refractivity contribution in [2.75, 3.05) is 5.75 Å². The quantitative estimate of drug-likeness (QED) is 0.469. The van der Waals surface area contributed by atoms with E-state index in [4.69, 9.17) is 0 Å². The van der Waals surface area contributed by atoms with Crippen LogP contribution in [0.4, 0.5) is 0 Å². The minimum atomic E-state index is -0.0989. The van der Waals surface area contributed by atoms with E-state index in [1.165, 1.54) is 18.2 Å². The summed E-state index contributed by atoms with van der Waals surface area (Å²) in [7, 11) is 0. The molecule has 144 valence electrons. The van der Waals surface area contributed by atoms with Gasteiger partial charge in [-0.1, -0.05) is 56.7 Å². The molecule has 3 rings (SSSR count). The average molecular weight is 386 g/mol. The Hall–Kier alpha value is -2.08. The van der Waals surface area contributed by atoms with Crippen LogP contribution in [0.1, 0.15) is 33.1 Å². The molecule has 1 fully saturated rings. The predicted molar refractivity (Wildman–Crippen MR) is 111 cm³/mol. The molecule has 1 aliphatic rings. The minimum absolute atomic E-state index is 0.00138. The van der Waals surface area contributed by atoms with Crippen LogP contribution in [0.5, 0.6) is 0 Å². The highest BCUT2D eigenvalue weighted by atomic mass is 32.2. The first-order valence-electron chi connectivity index (χ1n) is 9.54. The second kappa shape index (κ2) is 8.74. The molecule has 3 atom stereocenters. The standard InChI is InChI=1S/C21H27N3O2S/c1-4-12-24-20(26)16-9-5-6-10-18(16)23-21(24)27-13-19(25)22-17-11-7-8-14(2)15(17)3/h4-6,9-10,14-15,17H,1,7-8,11-13H2,2-3H3,(H,22,25)/t14-,15+,17+/m0/s1. The number of nitrogens with zero attached hydrogens (tertiary/aromatic N) is 2. The number of rotatable bonds is 6. The summed E-state index contributed by atoms with van der Waals surface area (Å²) >= 11 is 1.31. The van der Waals surface area contributed by atoms with Gasteiger partial charge in [0.25, 0.3) is 5.56 Å². The highest BCUT2D eigenvalue weighted by molar-refractivity contribution is 7.99. The van der Waals surface area contributed by atoms with E-state index in [0.29, 0.717) is 34.4 Å². The first-order valence-corrected chi connectivity index (χ1v) is 10.5. The van der Waals surface area contributed by atoms with Crippen LogP contribution in [0.15, 0.2) is 46.9 Å². The lowest BCUT2D eigenvalue weighted by Gasteiger charge is -2.34. The van der Waals surface area contributed by atoms with Gasteiger partial charge < -0.3 is 5.32 Å². The van der Waals surface area contributed by atoms with E-state index in [1.54, 1.807) is 16.7 Å². The molecule has 0 spiro atoms. The molecule has 5 nitrogen and oxygen atoms in total. The highest BCUT2D eigenvalue weighted by Crippen LogP contribution is 2.29. The van der Waals surface area contributed by atoms with E-state index in [9.17, 15) is 9.59 Å². The second-order valence-electron chi connectivity index (χ2n) is 7.35. The molecule has 1 aromatic heterocycles. The van der Waals surface area contributed by atoms with Crippen LogP contribution in [0.2, 0.25) is 0 Å². The molecule has 1 aromatic carbocycles. The molecule has 2 aromatic rings. The maximum Gasteiger partial charge on any atom is 0.262 e. The molecule has 0 unspecified atom stereocenters. The van der Waals surface area contributed by atoms with E-state index < -0.39 is 0 Å². The Morgan fingerprint density at radius 1 is 1.37 bits per heavy atom. The summed E-state index contributed by atoms with van der Waals surface area (Å²) in [6.45, 7) is 8.57. The lowest BCUT2D eigenvalue weighted by molar-refractivity contribution is -0.120. The van der Waals surface area contributed by atoms with Gasteiger partial charge in [0.15, 0.2) is 5.16 Å². The summed E-state index contributed by atoms with van der Waals surface area (Å²) in [5.41, 5.74) is 0.554. The predicted octanol–water partition coefficient (Wildman–Crippen LogP) is 3.62. The van der Waals surface area contributed by atoms with Crippen LogP contribution in [0.3, 0.4) is 0 Å². The van der Waals surface area contributed by atoms with Crippen LogP contribution in [-0.2, 0) is 11.3 Å². The van der Waals surface area contributed by atoms with Crippen molar-refractivity contribution in [3.63, 3.8) is 0 Å². The zero-order valence-corrected chi connectivity index (χ0v) is 16.8. The molecule has 1 amide bonds. The summed E-state index contributed by atoms with van der Waals surface area (Å²) in [6, 6.07) is 7.53. The number of nitrogens with one attached hydrogen (secondary N) is 1. The van der Waals surface area contributed by atoms with E-state index >= 15 is 0 Å². The number of thioether (sulfide) groups is 1. The number of allylic oxidation sites excluding steroid dienone is 1. The summed E-state index contributed by atoms with van der Waals surface area (Å²) in [4.78, 5) is 29.8. The molecule has 1 heterocycles. The maximum absolute atomic E-state index is 12.7. The summed E-state index contributed by atoms with van der Waals surface area (Å²) in [5, 5.41) is 4.31. The first-order chi connectivity index (χ1) is 13.0. The lowest BCUT2D eigenvalue weighted by atomic mass is 9.78. The molecule has 0 bridgehead atoms. The average Bonchev–Trinajstić information content (AvgIpc) is 2.66. The van der Waals surface area contributed by atoms with Crippen LogP contribution < -0.4 is 10.9 Å². The smallest absolute Gasteiger partial charge is 0.262 e. The van der Waals surface area contributed by atoms with Crippen molar-refractivity contribution in [3.8, 4) is 0 Å². The Balaban J connectivity index is 1.74. The Kier molecular flexibility index (Phi) is 6.37. The number of fused-ring (bicyclic) bond motifs is 1. The Labute approximate surface area is 164 Å². The molecule has 0 aliphatic heterocycles. The van der Waals surface area contributed by atoms with Crippen molar-refractivity contribution in [1.29, 1.82) is 0 Å². The number of amides is 1. The molecule has 1 saturated carbocycles. The largest absolute Gasteiger partial charge is 0.352 e. The van der Waals surface area contributed by atoms with E-state index in [1.807, 2.05) is 18.2 Å². The van der Waals surface area contributed by atoms with Gasteiger partial charge in [0.2, 0.25) is 5.91 Å². The fourth-order valence-corrected chi connectivity index (χ4v) is 4.53. The van der Waals surface area contributed by atoms with E-state index in [-0.39, 0.29) is 23.3 Å². The van der Waals surface area contributed by atoms with Crippen LogP contribution in [0, 0.1) is 11.8 Å². The molecule has 0 saturated heterocycles. The van der Waals surface area contributed by atoms with Gasteiger partial charge in [-0.2, -0.15) is 0 Å². The van der Waals surface area contributed by atoms with E-state index in [2.05, 4.69) is 30.7 Å². The molecular weight excluding hydrogens is 358 g/mol. The summed E-state index contributed by atoms with van der Waals surface area (Å²) in [6.07, 6.45) is 5.11. The molecular formula is C21H27N3O2S. The Morgan fingerprint density at radius 2 is 2.15 bits per heavy atom. The van der Waals surface area contributed by atoms with Crippen molar-refractivity contribution >= 4 is 28.6 Å². The minimum Gasteiger partial charge on any atom is -0.352 e. The van der Waals surface area contributed by atoms with Gasteiger partial charge in [0.05, 0.1) is 16.7 Å². The molecule has 27 heavy (non-hydrogen) atoms. The lowest BCUT2D eigenvalue weighted by Crippen LogP contribution is -2.44. The zero-order valence-electron chi connectivity index (χ0n) is 16.0. The third kappa shape index (κ3) is 4.43. The number of carbonyl (C=O) groups is 1. The number of para-hydroxylation sites is 1. The van der Waals surface area contributed by atoms with Crippen molar-refractivity contribution < 1.29 is 4.79 Å². The van der Waals surface area contributed by atoms with Gasteiger partial charge in [0.1, 0.15) is 0 Å². The van der Waals surface area contributed by atoms with Gasteiger partial charge in [0, 0.05) is 12.6 Å². The molecule has 6 heteroatoms. The SMILES string of the molecule is C=CCn1c(SCC(=O)N[C@@H]2CCC[C@H](C)[C@H]2C)nc2ccccc2c1=O. The normalized spacial score (nSPS) is 22.5. The number of carbonyl (C=O) groups excluding carboxylic acids is 1. The first kappa shape index (κ1) is 19.7. The number of hydrogen-bond acceptors (Lipinski definition) is 4. The van der Waals surface area contributed by atoms with E-state index in [0.717, 1.165) is 12.8 Å². The number of benzene rings is 1. The Bertz CT molecular complexity index is 893. The maximum atomic E-state index is 12.7. The third-order valence-electron chi connectivity index (χ3n) is 5.52. The highest BCUT2D eigenvalue weighted by Gasteiger charge is 2.28. The van der Waals surface area contributed by atoms with Gasteiger partial charge in [-0.3, -0.25) is 14.2 Å². The summed E-state index contributed by atoms with van der Waals surface area (Å²) in [5.74, 6) is 1.38. The number of aromatic nitrogens is 2. The van der Waals surface area contributed by atoms with Crippen LogP contribution >= 0.6 is 11.8 Å². The monoisotopic (exact) mass is 385 g/mol. The molecule has 1 aliphatic carbocycles. The van der Waals surface area contributed by atoms with Gasteiger partial charge in [-0.25, -0.2) is 4.98 Å². The van der Waals surface area contributed by atoms with Crippen molar-refractivity contribution in [2.45, 2.75) is 50.9 Å². The summed E-state index contributed by atoms with van der Waals surface area (Å²) < 4.78 is 1.58. The molecule has 1 N–H and O–H groups in total. The van der Waals surface area contributed by atoms with Gasteiger partial charge >= 0.3 is 0 Å². The van der Waals surface area contributed by atoms with Crippen molar-refractivity contribution in [1.82, 2.24) is 14.9 Å². The topological polar surface area (TPSA) is 64.0 Å². The zero-order chi connectivity index (χ0) is 19.4. The van der Waals surface area contributed by atoms with Gasteiger partial charge in [-0.05, 0) is 30.4 Å². The molecule has 0 radical (unpaired) electrons. The van der Waals surface area contributed by atoms with Crippen LogP contribution in [-0.4, -0.2) is 27.3 Å². The fourth-order valence-electron chi connectivity index (χ4n) is 3.71. The second-order valence-corrected chi connectivity index (χ2v) is 8.29. The van der Waals surface area contributed by atoms with Crippen molar-refractivity contribution in [2.24, 2.45) is 11.8 Å². The van der Waals surface area contributed by atoms with Crippen LogP contribution in [0.25, 0.3) is 10.9 Å².